The molecular weight excluding hydrogens is 406 g/mol. The number of nitrogens with zero attached hydrogens (tertiary/aromatic N) is 3. The van der Waals surface area contributed by atoms with E-state index in [-0.39, 0.29) is 28.8 Å². The summed E-state index contributed by atoms with van der Waals surface area (Å²) in [5.41, 5.74) is 1.06. The number of non-ortho nitro benzene ring substituents is 1. The monoisotopic (exact) mass is 427 g/mol. The molecule has 9 heteroatoms. The number of carbonyl (C=O) groups excluding carboxylic acids is 1. The maximum Gasteiger partial charge on any atom is 0.269 e. The van der Waals surface area contributed by atoms with E-state index < -0.39 is 14.8 Å². The zero-order valence-electron chi connectivity index (χ0n) is 16.2. The molecule has 0 N–H and O–H groups in total. The Bertz CT molecular complexity index is 1210. The van der Waals surface area contributed by atoms with Crippen LogP contribution < -0.4 is 0 Å². The first-order valence-corrected chi connectivity index (χ1v) is 11.3. The second kappa shape index (κ2) is 7.91. The fourth-order valence-corrected chi connectivity index (χ4v) is 5.40. The largest absolute Gasteiger partial charge is 0.341 e. The summed E-state index contributed by atoms with van der Waals surface area (Å²) >= 11 is 0. The molecule has 1 fully saturated rings. The van der Waals surface area contributed by atoms with Gasteiger partial charge in [0.2, 0.25) is 5.91 Å². The van der Waals surface area contributed by atoms with Gasteiger partial charge in [-0.3, -0.25) is 14.9 Å². The van der Waals surface area contributed by atoms with E-state index in [0.29, 0.717) is 16.5 Å². The van der Waals surface area contributed by atoms with E-state index in [4.69, 9.17) is 0 Å². The van der Waals surface area contributed by atoms with Gasteiger partial charge in [0, 0.05) is 42.3 Å². The third-order valence-electron chi connectivity index (χ3n) is 5.36. The second-order valence-corrected chi connectivity index (χ2v) is 9.37. The lowest BCUT2D eigenvalue weighted by atomic mass is 10.2. The molecule has 30 heavy (non-hydrogen) atoms. The zero-order chi connectivity index (χ0) is 21.3. The molecule has 1 aromatic heterocycles. The SMILES string of the molecule is O=C(Cn1cc(S(=O)(=O)Cc2ccc([N+](=O)[O-])cc2)c2ccccc21)N1CCCC1. The molecule has 1 aliphatic heterocycles. The Morgan fingerprint density at radius 1 is 1.03 bits per heavy atom. The predicted molar refractivity (Wildman–Crippen MR) is 112 cm³/mol. The fraction of sp³-hybridized carbons (Fsp3) is 0.286. The molecule has 0 saturated carbocycles. The molecule has 0 aliphatic carbocycles. The Hall–Kier alpha value is -3.20. The third-order valence-corrected chi connectivity index (χ3v) is 7.06. The number of carbonyl (C=O) groups is 1. The van der Waals surface area contributed by atoms with Crippen LogP contribution in [0.1, 0.15) is 18.4 Å². The number of sulfone groups is 1. The minimum atomic E-state index is -3.72. The lowest BCUT2D eigenvalue weighted by molar-refractivity contribution is -0.384. The van der Waals surface area contributed by atoms with Crippen molar-refractivity contribution < 1.29 is 18.1 Å². The summed E-state index contributed by atoms with van der Waals surface area (Å²) in [6.45, 7) is 1.57. The van der Waals surface area contributed by atoms with Crippen molar-refractivity contribution in [3.63, 3.8) is 0 Å². The van der Waals surface area contributed by atoms with Gasteiger partial charge in [-0.2, -0.15) is 0 Å². The Morgan fingerprint density at radius 3 is 2.37 bits per heavy atom. The number of likely N-dealkylation sites (tertiary alicyclic amines) is 1. The molecule has 2 aromatic carbocycles. The van der Waals surface area contributed by atoms with E-state index in [1.807, 2.05) is 6.07 Å². The quantitative estimate of drug-likeness (QED) is 0.444. The summed E-state index contributed by atoms with van der Waals surface area (Å²) in [5.74, 6) is -0.299. The van der Waals surface area contributed by atoms with Crippen LogP contribution in [0.25, 0.3) is 10.9 Å². The minimum absolute atomic E-state index is 0.0208. The Kier molecular flexibility index (Phi) is 5.29. The van der Waals surface area contributed by atoms with Gasteiger partial charge >= 0.3 is 0 Å². The summed E-state index contributed by atoms with van der Waals surface area (Å²) in [6, 6.07) is 12.6. The number of aromatic nitrogens is 1. The van der Waals surface area contributed by atoms with Crippen LogP contribution in [0.3, 0.4) is 0 Å². The number of nitro groups is 1. The molecule has 0 unspecified atom stereocenters. The Labute approximate surface area is 173 Å². The van der Waals surface area contributed by atoms with Crippen molar-refractivity contribution in [1.29, 1.82) is 0 Å². The number of rotatable bonds is 6. The highest BCUT2D eigenvalue weighted by molar-refractivity contribution is 7.90. The van der Waals surface area contributed by atoms with Crippen molar-refractivity contribution in [2.75, 3.05) is 13.1 Å². The third kappa shape index (κ3) is 3.93. The van der Waals surface area contributed by atoms with E-state index in [2.05, 4.69) is 0 Å². The number of para-hydroxylation sites is 1. The molecular formula is C21H21N3O5S. The Morgan fingerprint density at radius 2 is 1.70 bits per heavy atom. The first kappa shape index (κ1) is 20.1. The van der Waals surface area contributed by atoms with E-state index in [1.165, 1.54) is 30.5 Å². The lowest BCUT2D eigenvalue weighted by Crippen LogP contribution is -2.30. The molecule has 2 heterocycles. The highest BCUT2D eigenvalue weighted by atomic mass is 32.2. The zero-order valence-corrected chi connectivity index (χ0v) is 17.0. The number of amides is 1. The molecule has 1 amide bonds. The van der Waals surface area contributed by atoms with Crippen LogP contribution in [-0.4, -0.2) is 41.8 Å². The molecule has 0 spiro atoms. The van der Waals surface area contributed by atoms with Crippen molar-refractivity contribution in [2.45, 2.75) is 30.0 Å². The summed E-state index contributed by atoms with van der Waals surface area (Å²) in [7, 11) is -3.72. The van der Waals surface area contributed by atoms with Gasteiger partial charge in [-0.1, -0.05) is 30.3 Å². The number of nitro benzene ring substituents is 1. The normalized spacial score (nSPS) is 14.3. The molecule has 3 aromatic rings. The fourth-order valence-electron chi connectivity index (χ4n) is 3.82. The Balaban J connectivity index is 1.65. The maximum absolute atomic E-state index is 13.1. The number of hydrogen-bond donors (Lipinski definition) is 0. The molecule has 0 radical (unpaired) electrons. The summed E-state index contributed by atoms with van der Waals surface area (Å²) < 4.78 is 28.0. The van der Waals surface area contributed by atoms with Gasteiger partial charge < -0.3 is 9.47 Å². The van der Waals surface area contributed by atoms with Crippen LogP contribution in [0.4, 0.5) is 5.69 Å². The second-order valence-electron chi connectivity index (χ2n) is 7.41. The average molecular weight is 427 g/mol. The van der Waals surface area contributed by atoms with Gasteiger partial charge in [0.15, 0.2) is 9.84 Å². The van der Waals surface area contributed by atoms with Crippen LogP contribution in [0.15, 0.2) is 59.6 Å². The first-order valence-electron chi connectivity index (χ1n) is 9.67. The van der Waals surface area contributed by atoms with Gasteiger partial charge in [-0.15, -0.1) is 0 Å². The van der Waals surface area contributed by atoms with Crippen molar-refractivity contribution in [3.8, 4) is 0 Å². The number of hydrogen-bond acceptors (Lipinski definition) is 5. The van der Waals surface area contributed by atoms with Crippen molar-refractivity contribution in [3.05, 3.63) is 70.4 Å². The standard InChI is InChI=1S/C21H21N3O5S/c25-21(22-11-3-4-12-22)14-23-13-20(18-5-1-2-6-19(18)23)30(28,29)15-16-7-9-17(10-8-16)24(26)27/h1-2,5-10,13H,3-4,11-12,14-15H2. The molecule has 156 valence electrons. The van der Waals surface area contributed by atoms with Gasteiger partial charge in [0.1, 0.15) is 6.54 Å². The van der Waals surface area contributed by atoms with Gasteiger partial charge in [0.05, 0.1) is 15.6 Å². The van der Waals surface area contributed by atoms with E-state index >= 15 is 0 Å². The van der Waals surface area contributed by atoms with E-state index in [9.17, 15) is 23.3 Å². The molecule has 4 rings (SSSR count). The van der Waals surface area contributed by atoms with E-state index in [1.54, 1.807) is 27.7 Å². The minimum Gasteiger partial charge on any atom is -0.341 e. The topological polar surface area (TPSA) is 103 Å². The number of fused-ring (bicyclic) bond motifs is 1. The van der Waals surface area contributed by atoms with Crippen molar-refractivity contribution in [1.82, 2.24) is 9.47 Å². The van der Waals surface area contributed by atoms with Crippen LogP contribution >= 0.6 is 0 Å². The highest BCUT2D eigenvalue weighted by Gasteiger charge is 2.24. The average Bonchev–Trinajstić information content (AvgIpc) is 3.37. The summed E-state index contributed by atoms with van der Waals surface area (Å²) in [5, 5.41) is 11.4. The molecule has 1 aliphatic rings. The molecule has 8 nitrogen and oxygen atoms in total. The van der Waals surface area contributed by atoms with Crippen LogP contribution in [-0.2, 0) is 26.9 Å². The van der Waals surface area contributed by atoms with Crippen molar-refractivity contribution >= 4 is 32.3 Å². The summed E-state index contributed by atoms with van der Waals surface area (Å²) in [4.78, 5) is 24.8. The predicted octanol–water partition coefficient (Wildman–Crippen LogP) is 3.15. The number of benzene rings is 2. The molecule has 0 atom stereocenters. The van der Waals surface area contributed by atoms with Crippen molar-refractivity contribution in [2.24, 2.45) is 0 Å². The maximum atomic E-state index is 13.1. The molecule has 0 bridgehead atoms. The lowest BCUT2D eigenvalue weighted by Gasteiger charge is -2.15. The van der Waals surface area contributed by atoms with Gasteiger partial charge in [0.25, 0.3) is 5.69 Å². The van der Waals surface area contributed by atoms with Crippen LogP contribution in [0.5, 0.6) is 0 Å². The highest BCUT2D eigenvalue weighted by Crippen LogP contribution is 2.28. The smallest absolute Gasteiger partial charge is 0.269 e. The van der Waals surface area contributed by atoms with Gasteiger partial charge in [-0.25, -0.2) is 8.42 Å². The van der Waals surface area contributed by atoms with Gasteiger partial charge in [-0.05, 0) is 24.5 Å². The molecule has 1 saturated heterocycles. The van der Waals surface area contributed by atoms with Crippen LogP contribution in [0.2, 0.25) is 0 Å². The summed E-state index contributed by atoms with van der Waals surface area (Å²) in [6.07, 6.45) is 3.51. The van der Waals surface area contributed by atoms with Crippen LogP contribution in [0, 0.1) is 10.1 Å². The van der Waals surface area contributed by atoms with E-state index in [0.717, 1.165) is 25.9 Å². The first-order chi connectivity index (χ1) is 14.3.